The molecule has 3 rings (SSSR count). The maximum Gasteiger partial charge on any atom is 0.255 e. The van der Waals surface area contributed by atoms with Crippen molar-refractivity contribution < 1.29 is 9.59 Å². The highest BCUT2D eigenvalue weighted by atomic mass is 16.2. The molecule has 0 spiro atoms. The number of carbonyl (C=O) groups is 2. The standard InChI is InChI=1S/C20H20N4O2/c1-14-11-17(20(26)24-9-7-22-8-10-24)5-6-18(14)23-19(25)16-4-2-3-15(12-16)13-21/h2-6,11-12,22H,7-10H2,1H3,(H,23,25). The third-order valence-electron chi connectivity index (χ3n) is 4.38. The van der Waals surface area contributed by atoms with E-state index in [-0.39, 0.29) is 11.8 Å². The van der Waals surface area contributed by atoms with Crippen LogP contribution in [0.1, 0.15) is 31.8 Å². The number of rotatable bonds is 3. The molecule has 0 aromatic heterocycles. The molecule has 0 atom stereocenters. The molecule has 0 bridgehead atoms. The maximum atomic E-state index is 12.6. The van der Waals surface area contributed by atoms with Gasteiger partial charge in [0.05, 0.1) is 11.6 Å². The molecule has 0 saturated carbocycles. The van der Waals surface area contributed by atoms with Gasteiger partial charge in [0.2, 0.25) is 0 Å². The summed E-state index contributed by atoms with van der Waals surface area (Å²) in [6, 6.07) is 13.8. The van der Waals surface area contributed by atoms with Crippen molar-refractivity contribution in [2.45, 2.75) is 6.92 Å². The molecule has 2 N–H and O–H groups in total. The van der Waals surface area contributed by atoms with E-state index in [1.807, 2.05) is 17.9 Å². The van der Waals surface area contributed by atoms with Crippen LogP contribution in [0.4, 0.5) is 5.69 Å². The summed E-state index contributed by atoms with van der Waals surface area (Å²) in [5.74, 6) is -0.277. The van der Waals surface area contributed by atoms with E-state index in [4.69, 9.17) is 5.26 Å². The fourth-order valence-corrected chi connectivity index (χ4v) is 2.91. The van der Waals surface area contributed by atoms with E-state index in [1.54, 1.807) is 42.5 Å². The van der Waals surface area contributed by atoms with Gasteiger partial charge in [-0.3, -0.25) is 9.59 Å². The molecule has 132 valence electrons. The van der Waals surface area contributed by atoms with Crippen LogP contribution in [0.3, 0.4) is 0 Å². The van der Waals surface area contributed by atoms with E-state index in [9.17, 15) is 9.59 Å². The number of carbonyl (C=O) groups excluding carboxylic acids is 2. The van der Waals surface area contributed by atoms with Crippen LogP contribution in [0.5, 0.6) is 0 Å². The first-order chi connectivity index (χ1) is 12.6. The molecule has 1 aliphatic heterocycles. The van der Waals surface area contributed by atoms with Crippen molar-refractivity contribution in [2.24, 2.45) is 0 Å². The summed E-state index contributed by atoms with van der Waals surface area (Å²) in [6.45, 7) is 4.87. The Kier molecular flexibility index (Phi) is 5.30. The SMILES string of the molecule is Cc1cc(C(=O)N2CCNCC2)ccc1NC(=O)c1cccc(C#N)c1. The van der Waals surface area contributed by atoms with Crippen LogP contribution in [0.15, 0.2) is 42.5 Å². The molecule has 0 aliphatic carbocycles. The molecule has 0 radical (unpaired) electrons. The minimum Gasteiger partial charge on any atom is -0.336 e. The second-order valence-corrected chi connectivity index (χ2v) is 6.22. The lowest BCUT2D eigenvalue weighted by molar-refractivity contribution is 0.0735. The fraction of sp³-hybridized carbons (Fsp3) is 0.250. The van der Waals surface area contributed by atoms with Crippen molar-refractivity contribution in [1.29, 1.82) is 5.26 Å². The summed E-state index contributed by atoms with van der Waals surface area (Å²) in [6.07, 6.45) is 0. The van der Waals surface area contributed by atoms with E-state index in [0.717, 1.165) is 18.7 Å². The number of anilines is 1. The lowest BCUT2D eigenvalue weighted by atomic mass is 10.1. The minimum absolute atomic E-state index is 0.00852. The van der Waals surface area contributed by atoms with Gasteiger partial charge in [-0.15, -0.1) is 0 Å². The van der Waals surface area contributed by atoms with E-state index in [0.29, 0.717) is 35.5 Å². The highest BCUT2D eigenvalue weighted by molar-refractivity contribution is 6.05. The van der Waals surface area contributed by atoms with Crippen molar-refractivity contribution in [2.75, 3.05) is 31.5 Å². The van der Waals surface area contributed by atoms with Crippen LogP contribution in [0, 0.1) is 18.3 Å². The molecule has 1 aliphatic rings. The Balaban J connectivity index is 1.74. The lowest BCUT2D eigenvalue weighted by Crippen LogP contribution is -2.46. The van der Waals surface area contributed by atoms with Gasteiger partial charge in [0.15, 0.2) is 0 Å². The smallest absolute Gasteiger partial charge is 0.255 e. The minimum atomic E-state index is -0.286. The third kappa shape index (κ3) is 3.90. The predicted molar refractivity (Wildman–Crippen MR) is 99.1 cm³/mol. The van der Waals surface area contributed by atoms with E-state index >= 15 is 0 Å². The summed E-state index contributed by atoms with van der Waals surface area (Å²) < 4.78 is 0. The molecule has 6 nitrogen and oxygen atoms in total. The quantitative estimate of drug-likeness (QED) is 0.890. The van der Waals surface area contributed by atoms with Gasteiger partial charge in [-0.1, -0.05) is 6.07 Å². The molecule has 1 saturated heterocycles. The number of nitrogens with one attached hydrogen (secondary N) is 2. The van der Waals surface area contributed by atoms with E-state index in [1.165, 1.54) is 0 Å². The average Bonchev–Trinajstić information content (AvgIpc) is 2.69. The fourth-order valence-electron chi connectivity index (χ4n) is 2.91. The van der Waals surface area contributed by atoms with Crippen LogP contribution < -0.4 is 10.6 Å². The highest BCUT2D eigenvalue weighted by Gasteiger charge is 2.18. The number of nitrogens with zero attached hydrogens (tertiary/aromatic N) is 2. The van der Waals surface area contributed by atoms with Gasteiger partial charge >= 0.3 is 0 Å². The van der Waals surface area contributed by atoms with Gasteiger partial charge in [-0.2, -0.15) is 5.26 Å². The van der Waals surface area contributed by atoms with Gasteiger partial charge in [0.25, 0.3) is 11.8 Å². The molecule has 26 heavy (non-hydrogen) atoms. The molecule has 6 heteroatoms. The molecule has 0 unspecified atom stereocenters. The molecule has 2 aromatic carbocycles. The van der Waals surface area contributed by atoms with Gasteiger partial charge in [0.1, 0.15) is 0 Å². The molecule has 1 fully saturated rings. The Morgan fingerprint density at radius 1 is 1.12 bits per heavy atom. The number of hydrogen-bond donors (Lipinski definition) is 2. The number of nitriles is 1. The van der Waals surface area contributed by atoms with E-state index in [2.05, 4.69) is 10.6 Å². The molecule has 2 aromatic rings. The topological polar surface area (TPSA) is 85.2 Å². The first-order valence-electron chi connectivity index (χ1n) is 8.50. The molecular formula is C20H20N4O2. The van der Waals surface area contributed by atoms with Crippen molar-refractivity contribution in [3.8, 4) is 6.07 Å². The van der Waals surface area contributed by atoms with Gasteiger partial charge < -0.3 is 15.5 Å². The summed E-state index contributed by atoms with van der Waals surface area (Å²) in [5, 5.41) is 15.0. The second-order valence-electron chi connectivity index (χ2n) is 6.22. The van der Waals surface area contributed by atoms with Crippen LogP contribution >= 0.6 is 0 Å². The van der Waals surface area contributed by atoms with Gasteiger partial charge in [-0.25, -0.2) is 0 Å². The Bertz CT molecular complexity index is 880. The average molecular weight is 348 g/mol. The van der Waals surface area contributed by atoms with Gasteiger partial charge in [0, 0.05) is 43.0 Å². The zero-order valence-corrected chi connectivity index (χ0v) is 14.6. The van der Waals surface area contributed by atoms with E-state index < -0.39 is 0 Å². The molecule has 2 amide bonds. The van der Waals surface area contributed by atoms with Crippen LogP contribution in [0.2, 0.25) is 0 Å². The third-order valence-corrected chi connectivity index (χ3v) is 4.38. The largest absolute Gasteiger partial charge is 0.336 e. The second kappa shape index (κ2) is 7.81. The van der Waals surface area contributed by atoms with Gasteiger partial charge in [-0.05, 0) is 48.9 Å². The Hall–Kier alpha value is -3.17. The number of piperazine rings is 1. The number of amides is 2. The van der Waals surface area contributed by atoms with Crippen molar-refractivity contribution in [3.05, 3.63) is 64.7 Å². The normalized spacial score (nSPS) is 13.8. The molecule has 1 heterocycles. The number of aryl methyl sites for hydroxylation is 1. The van der Waals surface area contributed by atoms with Crippen LogP contribution in [-0.2, 0) is 0 Å². The monoisotopic (exact) mass is 348 g/mol. The Labute approximate surface area is 152 Å². The number of hydrogen-bond acceptors (Lipinski definition) is 4. The highest BCUT2D eigenvalue weighted by Crippen LogP contribution is 2.19. The van der Waals surface area contributed by atoms with Crippen molar-refractivity contribution in [1.82, 2.24) is 10.2 Å². The zero-order valence-electron chi connectivity index (χ0n) is 14.6. The van der Waals surface area contributed by atoms with Crippen LogP contribution in [-0.4, -0.2) is 42.9 Å². The van der Waals surface area contributed by atoms with Crippen LogP contribution in [0.25, 0.3) is 0 Å². The Morgan fingerprint density at radius 3 is 2.58 bits per heavy atom. The maximum absolute atomic E-state index is 12.6. The first-order valence-corrected chi connectivity index (χ1v) is 8.50. The summed E-state index contributed by atoms with van der Waals surface area (Å²) in [5.41, 5.74) is 2.94. The first kappa shape index (κ1) is 17.6. The van der Waals surface area contributed by atoms with Crippen molar-refractivity contribution in [3.63, 3.8) is 0 Å². The summed E-state index contributed by atoms with van der Waals surface area (Å²) in [4.78, 5) is 26.8. The number of benzene rings is 2. The van der Waals surface area contributed by atoms with Crippen molar-refractivity contribution >= 4 is 17.5 Å². The molecular weight excluding hydrogens is 328 g/mol. The zero-order chi connectivity index (χ0) is 18.5. The Morgan fingerprint density at radius 2 is 1.88 bits per heavy atom. The summed E-state index contributed by atoms with van der Waals surface area (Å²) in [7, 11) is 0. The lowest BCUT2D eigenvalue weighted by Gasteiger charge is -2.27. The predicted octanol–water partition coefficient (Wildman–Crippen LogP) is 2.16. The summed E-state index contributed by atoms with van der Waals surface area (Å²) >= 11 is 0.